The average molecular weight is 627 g/mol. The molecule has 228 valence electrons. The maximum Gasteiger partial charge on any atom is 0.227 e. The van der Waals surface area contributed by atoms with Crippen LogP contribution < -0.4 is 0 Å². The molecule has 3 heterocycles. The number of aromatic nitrogens is 2. The number of oxazole rings is 1. The number of hydrogen-bond donors (Lipinski definition) is 0. The van der Waals surface area contributed by atoms with Gasteiger partial charge in [0, 0.05) is 49.6 Å². The Morgan fingerprint density at radius 2 is 1.20 bits per heavy atom. The first-order chi connectivity index (χ1) is 24.3. The van der Waals surface area contributed by atoms with E-state index >= 15 is 0 Å². The summed E-state index contributed by atoms with van der Waals surface area (Å²) in [4.78, 5) is 4.76. The van der Waals surface area contributed by atoms with Gasteiger partial charge in [0.05, 0.1) is 11.0 Å². The van der Waals surface area contributed by atoms with E-state index in [-0.39, 0.29) is 0 Å². The minimum atomic E-state index is 0.626. The van der Waals surface area contributed by atoms with Gasteiger partial charge >= 0.3 is 0 Å². The highest BCUT2D eigenvalue weighted by atomic mass is 16.3. The van der Waals surface area contributed by atoms with Gasteiger partial charge in [-0.05, 0) is 70.4 Å². The van der Waals surface area contributed by atoms with Crippen molar-refractivity contribution < 1.29 is 8.83 Å². The predicted molar refractivity (Wildman–Crippen MR) is 202 cm³/mol. The Morgan fingerprint density at radius 3 is 2.10 bits per heavy atom. The third-order valence-electron chi connectivity index (χ3n) is 10.0. The van der Waals surface area contributed by atoms with Gasteiger partial charge < -0.3 is 13.4 Å². The molecule has 0 saturated carbocycles. The number of hydrogen-bond acceptors (Lipinski definition) is 3. The zero-order valence-corrected chi connectivity index (χ0v) is 26.2. The maximum absolute atomic E-state index is 6.79. The molecule has 0 aliphatic carbocycles. The minimum Gasteiger partial charge on any atom is -0.455 e. The van der Waals surface area contributed by atoms with Crippen molar-refractivity contribution in [1.29, 1.82) is 0 Å². The lowest BCUT2D eigenvalue weighted by atomic mass is 9.95. The number of furan rings is 1. The van der Waals surface area contributed by atoms with Crippen molar-refractivity contribution in [2.45, 2.75) is 0 Å². The van der Waals surface area contributed by atoms with E-state index in [1.807, 2.05) is 30.3 Å². The van der Waals surface area contributed by atoms with Crippen LogP contribution in [0.1, 0.15) is 0 Å². The lowest BCUT2D eigenvalue weighted by Crippen LogP contribution is -1.94. The van der Waals surface area contributed by atoms with Crippen molar-refractivity contribution in [3.63, 3.8) is 0 Å². The van der Waals surface area contributed by atoms with Crippen LogP contribution in [0.5, 0.6) is 0 Å². The van der Waals surface area contributed by atoms with Crippen LogP contribution in [0.4, 0.5) is 0 Å². The van der Waals surface area contributed by atoms with Crippen molar-refractivity contribution in [2.75, 3.05) is 0 Å². The quantitative estimate of drug-likeness (QED) is 0.196. The van der Waals surface area contributed by atoms with Crippen molar-refractivity contribution in [3.05, 3.63) is 158 Å². The Bertz CT molecular complexity index is 3110. The van der Waals surface area contributed by atoms with E-state index in [0.29, 0.717) is 5.89 Å². The third kappa shape index (κ3) is 3.83. The second kappa shape index (κ2) is 9.93. The largest absolute Gasteiger partial charge is 0.455 e. The normalized spacial score (nSPS) is 12.1. The van der Waals surface area contributed by atoms with Crippen molar-refractivity contribution in [1.82, 2.24) is 9.55 Å². The summed E-state index contributed by atoms with van der Waals surface area (Å²) in [6.45, 7) is 0. The lowest BCUT2D eigenvalue weighted by Gasteiger charge is -2.10. The molecule has 4 heteroatoms. The molecule has 3 aromatic heterocycles. The monoisotopic (exact) mass is 626 g/mol. The molecule has 0 unspecified atom stereocenters. The highest BCUT2D eigenvalue weighted by molar-refractivity contribution is 6.21. The minimum absolute atomic E-state index is 0.626. The average Bonchev–Trinajstić information content (AvgIpc) is 3.86. The molecule has 0 atom stereocenters. The molecule has 0 amide bonds. The van der Waals surface area contributed by atoms with Crippen LogP contribution >= 0.6 is 0 Å². The summed E-state index contributed by atoms with van der Waals surface area (Å²) in [5.74, 6) is 0.626. The van der Waals surface area contributed by atoms with Crippen molar-refractivity contribution in [3.8, 4) is 28.3 Å². The van der Waals surface area contributed by atoms with Gasteiger partial charge in [0.2, 0.25) is 5.89 Å². The SMILES string of the molecule is c1ccc(-c2nc3ccc(-c4cc5c6ccc(-n7c8ccccc8c8ccc9ccccc9c87)cc6oc5c5ccccc45)cc3o2)cc1. The number of nitrogens with zero attached hydrogens (tertiary/aromatic N) is 2. The summed E-state index contributed by atoms with van der Waals surface area (Å²) in [5, 5.41) is 9.33. The molecule has 0 spiro atoms. The van der Waals surface area contributed by atoms with Crippen LogP contribution in [0.2, 0.25) is 0 Å². The van der Waals surface area contributed by atoms with Gasteiger partial charge in [-0.25, -0.2) is 4.98 Å². The number of fused-ring (bicyclic) bond motifs is 11. The topological polar surface area (TPSA) is 44.1 Å². The fourth-order valence-corrected chi connectivity index (χ4v) is 7.76. The van der Waals surface area contributed by atoms with Gasteiger partial charge in [-0.2, -0.15) is 0 Å². The van der Waals surface area contributed by atoms with Crippen molar-refractivity contribution in [2.24, 2.45) is 0 Å². The molecule has 0 fully saturated rings. The molecule has 0 aliphatic rings. The van der Waals surface area contributed by atoms with Gasteiger partial charge in [0.15, 0.2) is 5.58 Å². The van der Waals surface area contributed by atoms with Crippen LogP contribution in [0, 0.1) is 0 Å². The van der Waals surface area contributed by atoms with Gasteiger partial charge in [0.25, 0.3) is 0 Å². The zero-order chi connectivity index (χ0) is 32.1. The van der Waals surface area contributed by atoms with E-state index in [4.69, 9.17) is 13.8 Å². The highest BCUT2D eigenvalue weighted by Crippen LogP contribution is 2.42. The number of benzene rings is 8. The summed E-state index contributed by atoms with van der Waals surface area (Å²) in [7, 11) is 0. The van der Waals surface area contributed by atoms with E-state index in [1.54, 1.807) is 0 Å². The van der Waals surface area contributed by atoms with E-state index in [9.17, 15) is 0 Å². The molecule has 0 bridgehead atoms. The molecule has 11 rings (SSSR count). The van der Waals surface area contributed by atoms with E-state index in [2.05, 4.69) is 132 Å². The van der Waals surface area contributed by atoms with Gasteiger partial charge in [-0.3, -0.25) is 0 Å². The molecular weight excluding hydrogens is 601 g/mol. The summed E-state index contributed by atoms with van der Waals surface area (Å²) >= 11 is 0. The Hall–Kier alpha value is -6.65. The van der Waals surface area contributed by atoms with Crippen LogP contribution in [-0.2, 0) is 0 Å². The summed E-state index contributed by atoms with van der Waals surface area (Å²) in [6.07, 6.45) is 0. The molecule has 11 aromatic rings. The first-order valence-electron chi connectivity index (χ1n) is 16.5. The fourth-order valence-electron chi connectivity index (χ4n) is 7.76. The molecule has 0 aliphatic heterocycles. The second-order valence-corrected chi connectivity index (χ2v) is 12.7. The van der Waals surface area contributed by atoms with E-state index in [0.717, 1.165) is 66.2 Å². The highest BCUT2D eigenvalue weighted by Gasteiger charge is 2.19. The lowest BCUT2D eigenvalue weighted by molar-refractivity contribution is 0.620. The Balaban J connectivity index is 1.13. The molecule has 49 heavy (non-hydrogen) atoms. The molecular formula is C45H26N2O2. The summed E-state index contributed by atoms with van der Waals surface area (Å²) in [6, 6.07) is 55.5. The smallest absolute Gasteiger partial charge is 0.227 e. The van der Waals surface area contributed by atoms with Crippen LogP contribution in [0.25, 0.3) is 105 Å². The molecule has 0 saturated heterocycles. The third-order valence-corrected chi connectivity index (χ3v) is 10.0. The van der Waals surface area contributed by atoms with Gasteiger partial charge in [-0.1, -0.05) is 103 Å². The molecule has 0 radical (unpaired) electrons. The van der Waals surface area contributed by atoms with E-state index < -0.39 is 0 Å². The molecule has 8 aromatic carbocycles. The summed E-state index contributed by atoms with van der Waals surface area (Å²) in [5.41, 5.74) is 9.98. The Morgan fingerprint density at radius 1 is 0.449 bits per heavy atom. The number of rotatable bonds is 3. The standard InChI is InChI=1S/C45H26N2O2/c1-2-11-28(12-3-1)45-46-39-23-19-29(24-42(39)49-45)37-26-38-34-22-20-30(25-41(34)48-44(38)36-16-7-6-14-32(36)37)47-40-17-9-8-15-33(40)35-21-18-27-10-4-5-13-31(27)43(35)47/h1-26H. The van der Waals surface area contributed by atoms with Gasteiger partial charge in [0.1, 0.15) is 16.7 Å². The first-order valence-corrected chi connectivity index (χ1v) is 16.5. The summed E-state index contributed by atoms with van der Waals surface area (Å²) < 4.78 is 15.5. The predicted octanol–water partition coefficient (Wildman–Crippen LogP) is 12.5. The van der Waals surface area contributed by atoms with E-state index in [1.165, 1.54) is 32.6 Å². The molecule has 4 nitrogen and oxygen atoms in total. The van der Waals surface area contributed by atoms with Crippen LogP contribution in [0.3, 0.4) is 0 Å². The Kier molecular flexibility index (Phi) is 5.35. The first kappa shape index (κ1) is 26.4. The Labute approximate surface area is 280 Å². The second-order valence-electron chi connectivity index (χ2n) is 12.7. The van der Waals surface area contributed by atoms with Gasteiger partial charge in [-0.15, -0.1) is 0 Å². The maximum atomic E-state index is 6.79. The van der Waals surface area contributed by atoms with Crippen LogP contribution in [-0.4, -0.2) is 9.55 Å². The number of para-hydroxylation sites is 1. The zero-order valence-electron chi connectivity index (χ0n) is 26.2. The fraction of sp³-hybridized carbons (Fsp3) is 0. The molecule has 0 N–H and O–H groups in total. The van der Waals surface area contributed by atoms with Crippen LogP contribution in [0.15, 0.2) is 167 Å². The van der Waals surface area contributed by atoms with Crippen molar-refractivity contribution >= 4 is 76.4 Å².